The summed E-state index contributed by atoms with van der Waals surface area (Å²) >= 11 is 0. The van der Waals surface area contributed by atoms with Crippen LogP contribution in [-0.2, 0) is 6.42 Å². The molecule has 0 aliphatic rings. The highest BCUT2D eigenvalue weighted by Crippen LogP contribution is 2.23. The van der Waals surface area contributed by atoms with Gasteiger partial charge in [0.15, 0.2) is 0 Å². The number of fused-ring (bicyclic) bond motifs is 1. The number of anilines is 3. The summed E-state index contributed by atoms with van der Waals surface area (Å²) in [7, 11) is 1.60. The van der Waals surface area contributed by atoms with Crippen LogP contribution in [0, 0.1) is 5.82 Å². The molecule has 9 heteroatoms. The lowest BCUT2D eigenvalue weighted by Gasteiger charge is -2.10. The molecule has 0 aliphatic carbocycles. The zero-order chi connectivity index (χ0) is 19.7. The number of nitrogen functional groups attached to an aromatic ring is 1. The first-order chi connectivity index (χ1) is 13.6. The second-order valence-electron chi connectivity index (χ2n) is 6.02. The summed E-state index contributed by atoms with van der Waals surface area (Å²) in [6.07, 6.45) is 0.614. The maximum absolute atomic E-state index is 13.8. The van der Waals surface area contributed by atoms with Crippen LogP contribution in [0.25, 0.3) is 17.0 Å². The Morgan fingerprint density at radius 1 is 1.07 bits per heavy atom. The Balaban J connectivity index is 1.78. The second kappa shape index (κ2) is 7.10. The van der Waals surface area contributed by atoms with Gasteiger partial charge in [-0.25, -0.2) is 9.37 Å². The highest BCUT2D eigenvalue weighted by atomic mass is 19.1. The predicted octanol–water partition coefficient (Wildman–Crippen LogP) is 3.25. The first-order valence-electron chi connectivity index (χ1n) is 8.67. The normalized spacial score (nSPS) is 11.0. The van der Waals surface area contributed by atoms with E-state index in [0.29, 0.717) is 23.3 Å². The number of ether oxygens (including phenoxy) is 1. The molecule has 0 aliphatic heterocycles. The fourth-order valence-corrected chi connectivity index (χ4v) is 2.90. The van der Waals surface area contributed by atoms with Crippen molar-refractivity contribution in [3.05, 3.63) is 54.1 Å². The van der Waals surface area contributed by atoms with Crippen molar-refractivity contribution in [1.82, 2.24) is 24.5 Å². The van der Waals surface area contributed by atoms with Gasteiger partial charge in [0.1, 0.15) is 17.4 Å². The molecule has 28 heavy (non-hydrogen) atoms. The first kappa shape index (κ1) is 17.7. The minimum atomic E-state index is -0.366. The van der Waals surface area contributed by atoms with E-state index in [2.05, 4.69) is 25.3 Å². The van der Waals surface area contributed by atoms with Gasteiger partial charge in [0.2, 0.25) is 17.8 Å². The molecule has 2 aromatic carbocycles. The third-order valence-electron chi connectivity index (χ3n) is 4.19. The maximum Gasteiger partial charge on any atom is 0.242 e. The molecule has 2 heterocycles. The van der Waals surface area contributed by atoms with Gasteiger partial charge >= 0.3 is 0 Å². The Labute approximate surface area is 160 Å². The minimum Gasteiger partial charge on any atom is -0.497 e. The van der Waals surface area contributed by atoms with E-state index in [4.69, 9.17) is 10.5 Å². The van der Waals surface area contributed by atoms with Crippen molar-refractivity contribution in [2.24, 2.45) is 0 Å². The Morgan fingerprint density at radius 2 is 1.86 bits per heavy atom. The smallest absolute Gasteiger partial charge is 0.242 e. The predicted molar refractivity (Wildman–Crippen MR) is 104 cm³/mol. The van der Waals surface area contributed by atoms with Crippen LogP contribution in [0.1, 0.15) is 12.7 Å². The van der Waals surface area contributed by atoms with Gasteiger partial charge in [-0.2, -0.15) is 15.0 Å². The van der Waals surface area contributed by atoms with E-state index in [1.54, 1.807) is 17.7 Å². The third kappa shape index (κ3) is 3.29. The maximum atomic E-state index is 13.8. The Hall–Kier alpha value is -3.75. The van der Waals surface area contributed by atoms with Gasteiger partial charge in [0.05, 0.1) is 18.1 Å². The molecule has 0 atom stereocenters. The van der Waals surface area contributed by atoms with Crippen LogP contribution in [0.4, 0.5) is 22.0 Å². The van der Waals surface area contributed by atoms with Crippen molar-refractivity contribution in [2.45, 2.75) is 13.3 Å². The van der Waals surface area contributed by atoms with Gasteiger partial charge in [0, 0.05) is 18.2 Å². The van der Waals surface area contributed by atoms with Gasteiger partial charge in [-0.15, -0.1) is 0 Å². The molecule has 0 radical (unpaired) electrons. The zero-order valence-corrected chi connectivity index (χ0v) is 15.3. The van der Waals surface area contributed by atoms with Crippen molar-refractivity contribution in [2.75, 3.05) is 18.2 Å². The third-order valence-corrected chi connectivity index (χ3v) is 4.19. The van der Waals surface area contributed by atoms with Gasteiger partial charge < -0.3 is 15.8 Å². The lowest BCUT2D eigenvalue weighted by molar-refractivity contribution is 0.415. The molecule has 0 unspecified atom stereocenters. The largest absolute Gasteiger partial charge is 0.497 e. The van der Waals surface area contributed by atoms with Gasteiger partial charge in [-0.05, 0) is 36.4 Å². The van der Waals surface area contributed by atoms with Crippen LogP contribution in [0.15, 0.2) is 42.5 Å². The Kier molecular flexibility index (Phi) is 4.48. The number of nitrogens with two attached hydrogens (primary N) is 1. The van der Waals surface area contributed by atoms with Gasteiger partial charge in [-0.3, -0.25) is 4.57 Å². The number of halogens is 1. The fraction of sp³-hybridized carbons (Fsp3) is 0.158. The standard InChI is InChI=1S/C19H18FN7O/c1-3-16-23-14-9-4-11(20)10-15(14)27(16)19-25-17(21)24-18(26-19)22-12-5-7-13(28-2)8-6-12/h4-10H,3H2,1-2H3,(H3,21,22,24,25,26). The van der Waals surface area contributed by atoms with E-state index in [-0.39, 0.29) is 23.7 Å². The number of benzene rings is 2. The molecule has 0 fully saturated rings. The highest BCUT2D eigenvalue weighted by Gasteiger charge is 2.16. The number of hydrogen-bond donors (Lipinski definition) is 2. The molecule has 0 saturated heterocycles. The summed E-state index contributed by atoms with van der Waals surface area (Å²) in [5.41, 5.74) is 7.88. The summed E-state index contributed by atoms with van der Waals surface area (Å²) in [4.78, 5) is 17.4. The van der Waals surface area contributed by atoms with E-state index in [0.717, 1.165) is 11.4 Å². The van der Waals surface area contributed by atoms with Crippen LogP contribution in [0.5, 0.6) is 5.75 Å². The fourth-order valence-electron chi connectivity index (χ4n) is 2.90. The number of nitrogens with one attached hydrogen (secondary N) is 1. The van der Waals surface area contributed by atoms with Crippen molar-refractivity contribution in [1.29, 1.82) is 0 Å². The molecule has 2 aromatic heterocycles. The summed E-state index contributed by atoms with van der Waals surface area (Å²) in [5, 5.41) is 3.09. The number of aromatic nitrogens is 5. The van der Waals surface area contributed by atoms with E-state index in [1.807, 2.05) is 31.2 Å². The highest BCUT2D eigenvalue weighted by molar-refractivity contribution is 5.78. The SMILES string of the molecule is CCc1nc2ccc(F)cc2n1-c1nc(N)nc(Nc2ccc(OC)cc2)n1. The number of rotatable bonds is 5. The Morgan fingerprint density at radius 3 is 2.57 bits per heavy atom. The van der Waals surface area contributed by atoms with Crippen molar-refractivity contribution in [3.63, 3.8) is 0 Å². The van der Waals surface area contributed by atoms with E-state index in [9.17, 15) is 4.39 Å². The lowest BCUT2D eigenvalue weighted by Crippen LogP contribution is -2.11. The molecule has 8 nitrogen and oxygen atoms in total. The molecular weight excluding hydrogens is 361 g/mol. The summed E-state index contributed by atoms with van der Waals surface area (Å²) in [6.45, 7) is 1.95. The van der Waals surface area contributed by atoms with Crippen molar-refractivity contribution < 1.29 is 9.13 Å². The molecule has 0 amide bonds. The van der Waals surface area contributed by atoms with Crippen LogP contribution in [-0.4, -0.2) is 31.6 Å². The lowest BCUT2D eigenvalue weighted by atomic mass is 10.3. The van der Waals surface area contributed by atoms with E-state index < -0.39 is 0 Å². The summed E-state index contributed by atoms with van der Waals surface area (Å²) < 4.78 is 20.7. The topological polar surface area (TPSA) is 104 Å². The molecule has 142 valence electrons. The second-order valence-corrected chi connectivity index (χ2v) is 6.02. The van der Waals surface area contributed by atoms with Crippen LogP contribution >= 0.6 is 0 Å². The number of imidazole rings is 1. The van der Waals surface area contributed by atoms with Crippen LogP contribution < -0.4 is 15.8 Å². The molecule has 0 spiro atoms. The molecule has 4 aromatic rings. The van der Waals surface area contributed by atoms with Crippen LogP contribution in [0.2, 0.25) is 0 Å². The van der Waals surface area contributed by atoms with E-state index >= 15 is 0 Å². The molecule has 3 N–H and O–H groups in total. The van der Waals surface area contributed by atoms with Gasteiger partial charge in [0.25, 0.3) is 0 Å². The number of methoxy groups -OCH3 is 1. The average Bonchev–Trinajstić information content (AvgIpc) is 3.06. The first-order valence-corrected chi connectivity index (χ1v) is 8.67. The zero-order valence-electron chi connectivity index (χ0n) is 15.3. The van der Waals surface area contributed by atoms with E-state index in [1.165, 1.54) is 12.1 Å². The summed E-state index contributed by atoms with van der Waals surface area (Å²) in [6, 6.07) is 11.7. The molecule has 0 saturated carbocycles. The molecule has 4 rings (SSSR count). The monoisotopic (exact) mass is 379 g/mol. The molecule has 0 bridgehead atoms. The van der Waals surface area contributed by atoms with Gasteiger partial charge in [-0.1, -0.05) is 6.92 Å². The quantitative estimate of drug-likeness (QED) is 0.548. The minimum absolute atomic E-state index is 0.0429. The number of hydrogen-bond acceptors (Lipinski definition) is 7. The average molecular weight is 379 g/mol. The Bertz CT molecular complexity index is 1140. The molecular formula is C19H18FN7O. The summed E-state index contributed by atoms with van der Waals surface area (Å²) in [5.74, 6) is 1.65. The number of nitrogens with zero attached hydrogens (tertiary/aromatic N) is 5. The van der Waals surface area contributed by atoms with Crippen molar-refractivity contribution in [3.8, 4) is 11.7 Å². The number of aryl methyl sites for hydroxylation is 1. The van der Waals surface area contributed by atoms with Crippen molar-refractivity contribution >= 4 is 28.6 Å². The van der Waals surface area contributed by atoms with Crippen LogP contribution in [0.3, 0.4) is 0 Å².